The number of hydrogen-bond acceptors (Lipinski definition) is 5. The van der Waals surface area contributed by atoms with Crippen LogP contribution in [0.2, 0.25) is 0 Å². The van der Waals surface area contributed by atoms with Crippen molar-refractivity contribution in [2.24, 2.45) is 0 Å². The summed E-state index contributed by atoms with van der Waals surface area (Å²) in [6.45, 7) is 5.32. The second kappa shape index (κ2) is 12.0. The fourth-order valence-electron chi connectivity index (χ4n) is 2.78. The zero-order chi connectivity index (χ0) is 21.9. The minimum absolute atomic E-state index is 0.103. The van der Waals surface area contributed by atoms with E-state index in [1.165, 1.54) is 12.1 Å². The van der Waals surface area contributed by atoms with Gasteiger partial charge in [-0.05, 0) is 55.7 Å². The molecule has 0 aliphatic rings. The molecule has 7 nitrogen and oxygen atoms in total. The van der Waals surface area contributed by atoms with Gasteiger partial charge in [-0.2, -0.15) is 0 Å². The molecule has 0 heterocycles. The molecular weight excluding hydrogens is 406 g/mol. The Morgan fingerprint density at radius 2 is 1.60 bits per heavy atom. The Kier molecular flexibility index (Phi) is 9.34. The zero-order valence-electron chi connectivity index (χ0n) is 17.2. The first-order chi connectivity index (χ1) is 14.4. The molecule has 0 spiro atoms. The van der Waals surface area contributed by atoms with E-state index in [-0.39, 0.29) is 23.0 Å². The topological polar surface area (TPSA) is 102 Å². The van der Waals surface area contributed by atoms with Gasteiger partial charge in [-0.3, -0.25) is 9.00 Å². The minimum Gasteiger partial charge on any atom is -0.490 e. The number of carboxylic acids is 1. The number of benzene rings is 2. The number of aromatic carboxylic acids is 1. The van der Waals surface area contributed by atoms with E-state index in [0.717, 1.165) is 11.1 Å². The van der Waals surface area contributed by atoms with Gasteiger partial charge in [0.1, 0.15) is 5.75 Å². The molecule has 1 atom stereocenters. The lowest BCUT2D eigenvalue weighted by molar-refractivity contribution is -0.118. The largest absolute Gasteiger partial charge is 0.490 e. The van der Waals surface area contributed by atoms with Crippen LogP contribution in [0, 0.1) is 0 Å². The highest BCUT2D eigenvalue weighted by Crippen LogP contribution is 2.28. The van der Waals surface area contributed by atoms with E-state index in [4.69, 9.17) is 14.6 Å². The third-order valence-electron chi connectivity index (χ3n) is 4.16. The van der Waals surface area contributed by atoms with Gasteiger partial charge in [0, 0.05) is 23.1 Å². The van der Waals surface area contributed by atoms with Gasteiger partial charge in [-0.25, -0.2) is 4.79 Å². The van der Waals surface area contributed by atoms with Crippen LogP contribution in [0.1, 0.15) is 35.3 Å². The molecular formula is C22H27NO6S. The van der Waals surface area contributed by atoms with Crippen LogP contribution in [0.25, 0.3) is 0 Å². The molecule has 0 aromatic heterocycles. The smallest absolute Gasteiger partial charge is 0.335 e. The van der Waals surface area contributed by atoms with Crippen LogP contribution in [0.3, 0.4) is 0 Å². The number of carboxylic acid groups (broad SMARTS) is 1. The van der Waals surface area contributed by atoms with Crippen molar-refractivity contribution in [1.29, 1.82) is 0 Å². The summed E-state index contributed by atoms with van der Waals surface area (Å²) in [5, 5.41) is 11.7. The van der Waals surface area contributed by atoms with Gasteiger partial charge in [0.25, 0.3) is 0 Å². The highest BCUT2D eigenvalue weighted by Gasteiger charge is 2.11. The van der Waals surface area contributed by atoms with Crippen LogP contribution in [0.5, 0.6) is 11.5 Å². The van der Waals surface area contributed by atoms with E-state index in [0.29, 0.717) is 37.7 Å². The third kappa shape index (κ3) is 7.51. The molecule has 8 heteroatoms. The highest BCUT2D eigenvalue weighted by molar-refractivity contribution is 7.84. The summed E-state index contributed by atoms with van der Waals surface area (Å²) in [6, 6.07) is 11.8. The number of amides is 1. The fourth-order valence-corrected chi connectivity index (χ4v) is 3.84. The zero-order valence-corrected chi connectivity index (χ0v) is 18.0. The number of hydrogen-bond donors (Lipinski definition) is 2. The second-order valence-corrected chi connectivity index (χ2v) is 7.93. The van der Waals surface area contributed by atoms with Gasteiger partial charge >= 0.3 is 5.97 Å². The van der Waals surface area contributed by atoms with Gasteiger partial charge in [0.05, 0.1) is 18.8 Å². The number of nitrogens with one attached hydrogen (secondary N) is 1. The molecule has 30 heavy (non-hydrogen) atoms. The number of carbonyl (C=O) groups excluding carboxylic acids is 1. The maximum Gasteiger partial charge on any atom is 0.335 e. The summed E-state index contributed by atoms with van der Waals surface area (Å²) in [6.07, 6.45) is 0.613. The standard InChI is InChI=1S/C22H27NO6S/c1-3-28-19-10-7-16(13-20(19)29-4-2)11-12-23-21(24)15-30(27)14-17-5-8-18(9-6-17)22(25)26/h5-10,13H,3-4,11-12,14-15H2,1-2H3,(H,23,24)(H,25,26). The quantitative estimate of drug-likeness (QED) is 0.534. The predicted octanol–water partition coefficient (Wildman–Crippen LogP) is 2.79. The van der Waals surface area contributed by atoms with Gasteiger partial charge in [0.15, 0.2) is 11.5 Å². The Morgan fingerprint density at radius 3 is 2.23 bits per heavy atom. The first kappa shape index (κ1) is 23.4. The number of rotatable bonds is 12. The van der Waals surface area contributed by atoms with E-state index in [2.05, 4.69) is 5.32 Å². The molecule has 2 aromatic carbocycles. The van der Waals surface area contributed by atoms with Crippen molar-refractivity contribution >= 4 is 22.7 Å². The van der Waals surface area contributed by atoms with Crippen molar-refractivity contribution in [3.63, 3.8) is 0 Å². The Morgan fingerprint density at radius 1 is 0.967 bits per heavy atom. The molecule has 2 N–H and O–H groups in total. The third-order valence-corrected chi connectivity index (χ3v) is 5.40. The highest BCUT2D eigenvalue weighted by atomic mass is 32.2. The van der Waals surface area contributed by atoms with E-state index >= 15 is 0 Å². The van der Waals surface area contributed by atoms with Crippen LogP contribution in [-0.4, -0.2) is 46.7 Å². The van der Waals surface area contributed by atoms with Crippen molar-refractivity contribution in [3.05, 3.63) is 59.2 Å². The molecule has 1 unspecified atom stereocenters. The first-order valence-corrected chi connectivity index (χ1v) is 11.2. The summed E-state index contributed by atoms with van der Waals surface area (Å²) in [7, 11) is -1.37. The SMILES string of the molecule is CCOc1ccc(CCNC(=O)CS(=O)Cc2ccc(C(=O)O)cc2)cc1OCC. The fraction of sp³-hybridized carbons (Fsp3) is 0.364. The molecule has 0 bridgehead atoms. The van der Waals surface area contributed by atoms with Crippen LogP contribution in [0.4, 0.5) is 0 Å². The molecule has 1 amide bonds. The Hall–Kier alpha value is -2.87. The van der Waals surface area contributed by atoms with Crippen molar-refractivity contribution in [2.45, 2.75) is 26.0 Å². The van der Waals surface area contributed by atoms with Crippen LogP contribution in [-0.2, 0) is 27.8 Å². The van der Waals surface area contributed by atoms with E-state index in [9.17, 15) is 13.8 Å². The molecule has 0 radical (unpaired) electrons. The van der Waals surface area contributed by atoms with Crippen LogP contribution in [0.15, 0.2) is 42.5 Å². The normalized spacial score (nSPS) is 11.5. The maximum atomic E-state index is 12.2. The monoisotopic (exact) mass is 433 g/mol. The van der Waals surface area contributed by atoms with Gasteiger partial charge in [-0.1, -0.05) is 18.2 Å². The van der Waals surface area contributed by atoms with Crippen molar-refractivity contribution in [2.75, 3.05) is 25.5 Å². The lowest BCUT2D eigenvalue weighted by atomic mass is 10.1. The minimum atomic E-state index is -1.37. The van der Waals surface area contributed by atoms with E-state index < -0.39 is 16.8 Å². The van der Waals surface area contributed by atoms with E-state index in [1.807, 2.05) is 32.0 Å². The lowest BCUT2D eigenvalue weighted by Gasteiger charge is -2.12. The molecule has 162 valence electrons. The second-order valence-electron chi connectivity index (χ2n) is 6.48. The van der Waals surface area contributed by atoms with Crippen molar-refractivity contribution in [3.8, 4) is 11.5 Å². The van der Waals surface area contributed by atoms with Gasteiger partial charge in [-0.15, -0.1) is 0 Å². The summed E-state index contributed by atoms with van der Waals surface area (Å²) < 4.78 is 23.3. The van der Waals surface area contributed by atoms with Crippen molar-refractivity contribution < 1.29 is 28.4 Å². The average Bonchev–Trinajstić information content (AvgIpc) is 2.70. The molecule has 0 aliphatic heterocycles. The molecule has 0 aliphatic carbocycles. The number of ether oxygens (including phenoxy) is 2. The maximum absolute atomic E-state index is 12.2. The summed E-state index contributed by atoms with van der Waals surface area (Å²) in [5.74, 6) is 0.171. The van der Waals surface area contributed by atoms with Crippen LogP contribution >= 0.6 is 0 Å². The molecule has 2 aromatic rings. The summed E-state index contributed by atoms with van der Waals surface area (Å²) in [5.41, 5.74) is 1.90. The Bertz CT molecular complexity index is 882. The summed E-state index contributed by atoms with van der Waals surface area (Å²) in [4.78, 5) is 22.9. The lowest BCUT2D eigenvalue weighted by Crippen LogP contribution is -2.30. The number of carbonyl (C=O) groups is 2. The Balaban J connectivity index is 1.79. The molecule has 0 fully saturated rings. The first-order valence-electron chi connectivity index (χ1n) is 9.75. The predicted molar refractivity (Wildman–Crippen MR) is 116 cm³/mol. The molecule has 2 rings (SSSR count). The molecule has 0 saturated carbocycles. The average molecular weight is 434 g/mol. The Labute approximate surface area is 178 Å². The molecule has 0 saturated heterocycles. The van der Waals surface area contributed by atoms with Crippen molar-refractivity contribution in [1.82, 2.24) is 5.32 Å². The van der Waals surface area contributed by atoms with Crippen LogP contribution < -0.4 is 14.8 Å². The van der Waals surface area contributed by atoms with Gasteiger partial charge < -0.3 is 19.9 Å². The summed E-state index contributed by atoms with van der Waals surface area (Å²) >= 11 is 0. The van der Waals surface area contributed by atoms with E-state index in [1.54, 1.807) is 12.1 Å². The van der Waals surface area contributed by atoms with Gasteiger partial charge in [0.2, 0.25) is 5.91 Å².